The number of fused-ring (bicyclic) bond motifs is 3. The fraction of sp³-hybridized carbons (Fsp3) is 0.964. The van der Waals surface area contributed by atoms with Gasteiger partial charge >= 0.3 is 6.03 Å². The van der Waals surface area contributed by atoms with Gasteiger partial charge in [-0.15, -0.1) is 0 Å². The van der Waals surface area contributed by atoms with Crippen molar-refractivity contribution in [2.75, 3.05) is 5.75 Å². The minimum atomic E-state index is 0.0781. The number of amides is 2. The van der Waals surface area contributed by atoms with Crippen molar-refractivity contribution in [2.24, 2.45) is 23.7 Å². The van der Waals surface area contributed by atoms with E-state index in [9.17, 15) is 4.79 Å². The molecule has 3 saturated heterocycles. The zero-order valence-electron chi connectivity index (χ0n) is 21.1. The molecule has 186 valence electrons. The molecule has 3 heterocycles. The topological polar surface area (TPSA) is 44.4 Å². The highest BCUT2D eigenvalue weighted by atomic mass is 32.2. The van der Waals surface area contributed by atoms with E-state index >= 15 is 0 Å². The molecule has 33 heavy (non-hydrogen) atoms. The van der Waals surface area contributed by atoms with Gasteiger partial charge in [0.15, 0.2) is 0 Å². The third-order valence-corrected chi connectivity index (χ3v) is 12.6. The summed E-state index contributed by atoms with van der Waals surface area (Å²) in [5, 5.41) is 7.38. The van der Waals surface area contributed by atoms with Crippen LogP contribution in [0.25, 0.3) is 0 Å². The van der Waals surface area contributed by atoms with Crippen LogP contribution >= 0.6 is 11.8 Å². The van der Waals surface area contributed by atoms with Gasteiger partial charge in [0.1, 0.15) is 0 Å². The van der Waals surface area contributed by atoms with E-state index < -0.39 is 0 Å². The zero-order valence-corrected chi connectivity index (χ0v) is 21.9. The van der Waals surface area contributed by atoms with E-state index in [1.165, 1.54) is 82.8 Å². The molecule has 0 aromatic heterocycles. The molecular formula is C28H47N3OS. The first-order chi connectivity index (χ1) is 16.0. The number of hydrogen-bond acceptors (Lipinski definition) is 3. The van der Waals surface area contributed by atoms with Gasteiger partial charge in [0, 0.05) is 35.0 Å². The van der Waals surface area contributed by atoms with Gasteiger partial charge in [-0.3, -0.25) is 4.90 Å². The average molecular weight is 474 g/mol. The standard InChI is InChI=1S/C28H47N3OS/c1-18(20-6-4-3-5-7-20)29-27(32)30-21-9-11-22(12-10-21)33-17-19-8-13-23-24(14-19)26-16-28(2)15-25(23)31(26)28/h18-26H,3-17H2,1-2H3,(H2,29,30,32)/t18-,19?,21?,22?,23?,24?,25?,26?,28?/m0/s1. The molecule has 0 spiro atoms. The quantitative estimate of drug-likeness (QED) is 0.501. The molecule has 2 amide bonds. The molecule has 6 aliphatic rings. The molecule has 3 aliphatic carbocycles. The maximum absolute atomic E-state index is 12.5. The number of carbonyl (C=O) groups is 1. The summed E-state index contributed by atoms with van der Waals surface area (Å²) in [5.74, 6) is 5.10. The van der Waals surface area contributed by atoms with Crippen molar-refractivity contribution >= 4 is 17.8 Å². The van der Waals surface area contributed by atoms with Crippen LogP contribution in [-0.2, 0) is 0 Å². The van der Waals surface area contributed by atoms with Crippen molar-refractivity contribution < 1.29 is 4.79 Å². The molecule has 3 saturated carbocycles. The molecular weight excluding hydrogens is 426 g/mol. The van der Waals surface area contributed by atoms with Crippen LogP contribution in [-0.4, -0.2) is 51.6 Å². The summed E-state index contributed by atoms with van der Waals surface area (Å²) in [5.41, 5.74) is 0.619. The Hall–Kier alpha value is -0.420. The zero-order chi connectivity index (χ0) is 22.6. The summed E-state index contributed by atoms with van der Waals surface area (Å²) in [6.07, 6.45) is 19.0. The molecule has 7 atom stereocenters. The molecule has 4 nitrogen and oxygen atoms in total. The highest BCUT2D eigenvalue weighted by Gasteiger charge is 2.70. The van der Waals surface area contributed by atoms with Gasteiger partial charge in [0.05, 0.1) is 0 Å². The second-order valence-electron chi connectivity index (χ2n) is 13.1. The first-order valence-electron chi connectivity index (χ1n) is 14.5. The van der Waals surface area contributed by atoms with Crippen molar-refractivity contribution in [3.8, 4) is 0 Å². The van der Waals surface area contributed by atoms with Gasteiger partial charge in [-0.25, -0.2) is 4.79 Å². The average Bonchev–Trinajstić information content (AvgIpc) is 2.94. The van der Waals surface area contributed by atoms with Crippen molar-refractivity contribution in [1.82, 2.24) is 15.5 Å². The highest BCUT2D eigenvalue weighted by Crippen LogP contribution is 2.65. The van der Waals surface area contributed by atoms with E-state index in [-0.39, 0.29) is 6.03 Å². The second-order valence-corrected chi connectivity index (χ2v) is 14.4. The maximum Gasteiger partial charge on any atom is 0.315 e. The van der Waals surface area contributed by atoms with Crippen LogP contribution < -0.4 is 10.6 Å². The lowest BCUT2D eigenvalue weighted by Crippen LogP contribution is -2.74. The number of hydrogen-bond donors (Lipinski definition) is 2. The van der Waals surface area contributed by atoms with Gasteiger partial charge in [0.25, 0.3) is 0 Å². The smallest absolute Gasteiger partial charge is 0.315 e. The number of thioether (sulfide) groups is 1. The SMILES string of the molecule is C[C@H](NC(=O)NC1CCC(SCC2CCC3C(C2)C2CC4(C)CC3N24)CC1)C1CCCCC1. The fourth-order valence-corrected chi connectivity index (χ4v) is 10.6. The van der Waals surface area contributed by atoms with E-state index in [0.717, 1.165) is 47.9 Å². The first-order valence-corrected chi connectivity index (χ1v) is 15.5. The molecule has 0 bridgehead atoms. The highest BCUT2D eigenvalue weighted by molar-refractivity contribution is 7.99. The van der Waals surface area contributed by atoms with Gasteiger partial charge in [-0.1, -0.05) is 19.3 Å². The largest absolute Gasteiger partial charge is 0.335 e. The number of urea groups is 1. The van der Waals surface area contributed by atoms with Crippen LogP contribution in [0, 0.1) is 23.7 Å². The fourth-order valence-electron chi connectivity index (χ4n) is 9.15. The van der Waals surface area contributed by atoms with E-state index in [0.29, 0.717) is 23.5 Å². The summed E-state index contributed by atoms with van der Waals surface area (Å²) in [4.78, 5) is 15.5. The minimum Gasteiger partial charge on any atom is -0.335 e. The summed E-state index contributed by atoms with van der Waals surface area (Å²) < 4.78 is 0. The van der Waals surface area contributed by atoms with Crippen LogP contribution in [0.2, 0.25) is 0 Å². The summed E-state index contributed by atoms with van der Waals surface area (Å²) >= 11 is 2.28. The Morgan fingerprint density at radius 3 is 2.42 bits per heavy atom. The van der Waals surface area contributed by atoms with Crippen molar-refractivity contribution in [3.05, 3.63) is 0 Å². The van der Waals surface area contributed by atoms with E-state index in [2.05, 4.69) is 41.1 Å². The lowest BCUT2D eigenvalue weighted by molar-refractivity contribution is -0.161. The monoisotopic (exact) mass is 473 g/mol. The third-order valence-electron chi connectivity index (χ3n) is 11.0. The Labute approximate surface area is 206 Å². The first kappa shape index (κ1) is 23.0. The van der Waals surface area contributed by atoms with Crippen LogP contribution in [0.4, 0.5) is 4.79 Å². The van der Waals surface area contributed by atoms with Gasteiger partial charge in [-0.05, 0) is 114 Å². The molecule has 3 aliphatic heterocycles. The number of carbonyl (C=O) groups excluding carboxylic acids is 1. The Balaban J connectivity index is 0.884. The molecule has 5 heteroatoms. The van der Waals surface area contributed by atoms with E-state index in [4.69, 9.17) is 0 Å². The third kappa shape index (κ3) is 4.36. The lowest BCUT2D eigenvalue weighted by Gasteiger charge is -2.66. The molecule has 0 aromatic carbocycles. The maximum atomic E-state index is 12.5. The van der Waals surface area contributed by atoms with Gasteiger partial charge in [0.2, 0.25) is 0 Å². The van der Waals surface area contributed by atoms with Gasteiger partial charge < -0.3 is 10.6 Å². The number of nitrogens with zero attached hydrogens (tertiary/aromatic N) is 1. The molecule has 2 N–H and O–H groups in total. The number of piperidine rings is 1. The predicted octanol–water partition coefficient (Wildman–Crippen LogP) is 5.95. The van der Waals surface area contributed by atoms with Crippen LogP contribution in [0.1, 0.15) is 104 Å². The number of nitrogens with one attached hydrogen (secondary N) is 2. The van der Waals surface area contributed by atoms with Gasteiger partial charge in [-0.2, -0.15) is 11.8 Å². The summed E-state index contributed by atoms with van der Waals surface area (Å²) in [6, 6.07) is 2.70. The predicted molar refractivity (Wildman–Crippen MR) is 138 cm³/mol. The van der Waals surface area contributed by atoms with Crippen molar-refractivity contribution in [2.45, 2.75) is 139 Å². The van der Waals surface area contributed by atoms with Crippen molar-refractivity contribution in [1.29, 1.82) is 0 Å². The Morgan fingerprint density at radius 1 is 0.970 bits per heavy atom. The van der Waals surface area contributed by atoms with Crippen molar-refractivity contribution in [3.63, 3.8) is 0 Å². The lowest BCUT2D eigenvalue weighted by atomic mass is 9.68. The second kappa shape index (κ2) is 9.22. The normalized spacial score (nSPS) is 45.8. The molecule has 6 rings (SSSR count). The van der Waals surface area contributed by atoms with E-state index in [1.807, 2.05) is 0 Å². The van der Waals surface area contributed by atoms with Crippen LogP contribution in [0.15, 0.2) is 0 Å². The Kier molecular flexibility index (Phi) is 6.43. The number of rotatable bonds is 6. The van der Waals surface area contributed by atoms with E-state index in [1.54, 1.807) is 0 Å². The van der Waals surface area contributed by atoms with Crippen LogP contribution in [0.5, 0.6) is 0 Å². The molecule has 0 aromatic rings. The molecule has 0 radical (unpaired) electrons. The molecule has 6 unspecified atom stereocenters. The molecule has 6 fully saturated rings. The summed E-state index contributed by atoms with van der Waals surface area (Å²) in [7, 11) is 0. The Morgan fingerprint density at radius 2 is 1.70 bits per heavy atom. The minimum absolute atomic E-state index is 0.0781. The van der Waals surface area contributed by atoms with Crippen LogP contribution in [0.3, 0.4) is 0 Å². The summed E-state index contributed by atoms with van der Waals surface area (Å²) in [6.45, 7) is 4.71. The Bertz CT molecular complexity index is 718.